The highest BCUT2D eigenvalue weighted by atomic mass is 32.1. The third-order valence-electron chi connectivity index (χ3n) is 3.76. The third-order valence-corrected chi connectivity index (χ3v) is 4.90. The lowest BCUT2D eigenvalue weighted by atomic mass is 10.2. The Bertz CT molecular complexity index is 934. The summed E-state index contributed by atoms with van der Waals surface area (Å²) in [5.41, 5.74) is 0.986. The molecule has 0 spiro atoms. The van der Waals surface area contributed by atoms with Gasteiger partial charge in [-0.15, -0.1) is 11.3 Å². The van der Waals surface area contributed by atoms with Crippen LogP contribution in [0.4, 0.5) is 9.39 Å². The Morgan fingerprint density at radius 2 is 2.04 bits per heavy atom. The number of hydrogen-bond acceptors (Lipinski definition) is 4. The first kappa shape index (κ1) is 17.9. The van der Waals surface area contributed by atoms with Crippen molar-refractivity contribution in [3.63, 3.8) is 0 Å². The molecule has 0 unspecified atom stereocenters. The molecule has 0 fully saturated rings. The fourth-order valence-corrected chi connectivity index (χ4v) is 3.51. The largest absolute Gasteiger partial charge is 0.467 e. The highest BCUT2D eigenvalue weighted by Gasteiger charge is 2.19. The molecule has 3 aromatic rings. The van der Waals surface area contributed by atoms with E-state index in [9.17, 15) is 14.0 Å². The summed E-state index contributed by atoms with van der Waals surface area (Å²) in [5.74, 6) is -0.367. The van der Waals surface area contributed by atoms with Gasteiger partial charge in [0, 0.05) is 12.6 Å². The predicted molar refractivity (Wildman–Crippen MR) is 97.9 cm³/mol. The van der Waals surface area contributed by atoms with Crippen molar-refractivity contribution in [1.82, 2.24) is 4.90 Å². The number of nitrogens with zero attached hydrogens (tertiary/aromatic N) is 1. The molecule has 0 radical (unpaired) electrons. The number of carbonyl (C=O) groups is 2. The number of amides is 2. The molecule has 0 atom stereocenters. The van der Waals surface area contributed by atoms with Crippen LogP contribution in [0, 0.1) is 12.7 Å². The van der Waals surface area contributed by atoms with E-state index in [4.69, 9.17) is 4.42 Å². The number of thiophene rings is 1. The van der Waals surface area contributed by atoms with Crippen molar-refractivity contribution >= 4 is 28.2 Å². The van der Waals surface area contributed by atoms with Gasteiger partial charge in [0.2, 0.25) is 0 Å². The van der Waals surface area contributed by atoms with E-state index in [1.807, 2.05) is 6.92 Å². The smallest absolute Gasteiger partial charge is 0.264 e. The number of nitrogens with one attached hydrogen (secondary N) is 1. The van der Waals surface area contributed by atoms with E-state index in [1.54, 1.807) is 36.4 Å². The molecule has 1 aromatic carbocycles. The van der Waals surface area contributed by atoms with Gasteiger partial charge >= 0.3 is 0 Å². The summed E-state index contributed by atoms with van der Waals surface area (Å²) < 4.78 is 18.5. The second-order valence-electron chi connectivity index (χ2n) is 5.83. The molecule has 2 aromatic heterocycles. The lowest BCUT2D eigenvalue weighted by molar-refractivity contribution is 0.0779. The van der Waals surface area contributed by atoms with Crippen molar-refractivity contribution in [1.29, 1.82) is 0 Å². The second kappa shape index (κ2) is 7.53. The molecule has 0 aliphatic carbocycles. The zero-order valence-corrected chi connectivity index (χ0v) is 15.1. The Balaban J connectivity index is 1.72. The summed E-state index contributed by atoms with van der Waals surface area (Å²) in [6.07, 6.45) is 1.56. The van der Waals surface area contributed by atoms with Crippen molar-refractivity contribution in [2.24, 2.45) is 0 Å². The third kappa shape index (κ3) is 4.00. The first-order chi connectivity index (χ1) is 12.4. The SMILES string of the molecule is Cc1cc(NC(=O)c2cccc(F)c2)sc1C(=O)N(C)Cc1ccco1. The first-order valence-electron chi connectivity index (χ1n) is 7.89. The van der Waals surface area contributed by atoms with Gasteiger partial charge in [-0.25, -0.2) is 4.39 Å². The van der Waals surface area contributed by atoms with Crippen molar-refractivity contribution in [3.8, 4) is 0 Å². The number of rotatable bonds is 5. The molecule has 0 saturated carbocycles. The molecule has 2 amide bonds. The number of anilines is 1. The highest BCUT2D eigenvalue weighted by molar-refractivity contribution is 7.18. The fraction of sp³-hybridized carbons (Fsp3) is 0.158. The number of benzene rings is 1. The van der Waals surface area contributed by atoms with E-state index in [2.05, 4.69) is 5.32 Å². The molecule has 26 heavy (non-hydrogen) atoms. The average molecular weight is 372 g/mol. The van der Waals surface area contributed by atoms with E-state index in [0.717, 1.165) is 5.56 Å². The van der Waals surface area contributed by atoms with Crippen LogP contribution in [0.15, 0.2) is 53.1 Å². The van der Waals surface area contributed by atoms with Crippen LogP contribution in [0.2, 0.25) is 0 Å². The maximum absolute atomic E-state index is 13.2. The summed E-state index contributed by atoms with van der Waals surface area (Å²) >= 11 is 1.19. The number of hydrogen-bond donors (Lipinski definition) is 1. The molecule has 0 aliphatic heterocycles. The van der Waals surface area contributed by atoms with Crippen LogP contribution >= 0.6 is 11.3 Å². The van der Waals surface area contributed by atoms with Gasteiger partial charge in [0.1, 0.15) is 11.6 Å². The molecular weight excluding hydrogens is 355 g/mol. The van der Waals surface area contributed by atoms with Crippen LogP contribution in [0.1, 0.15) is 31.4 Å². The van der Waals surface area contributed by atoms with E-state index in [-0.39, 0.29) is 11.5 Å². The van der Waals surface area contributed by atoms with Crippen molar-refractivity contribution in [2.45, 2.75) is 13.5 Å². The van der Waals surface area contributed by atoms with Crippen molar-refractivity contribution in [2.75, 3.05) is 12.4 Å². The van der Waals surface area contributed by atoms with Crippen LogP contribution < -0.4 is 5.32 Å². The Morgan fingerprint density at radius 1 is 1.23 bits per heavy atom. The Kier molecular flexibility index (Phi) is 5.18. The van der Waals surface area contributed by atoms with Crippen LogP contribution in [0.5, 0.6) is 0 Å². The van der Waals surface area contributed by atoms with Gasteiger partial charge in [0.15, 0.2) is 0 Å². The minimum absolute atomic E-state index is 0.157. The number of carbonyl (C=O) groups excluding carboxylic acids is 2. The van der Waals surface area contributed by atoms with E-state index in [1.165, 1.54) is 35.6 Å². The molecule has 134 valence electrons. The zero-order valence-electron chi connectivity index (χ0n) is 14.3. The van der Waals surface area contributed by atoms with Crippen molar-refractivity contribution in [3.05, 3.63) is 76.3 Å². The second-order valence-corrected chi connectivity index (χ2v) is 6.88. The van der Waals surface area contributed by atoms with Crippen LogP contribution in [0.25, 0.3) is 0 Å². The topological polar surface area (TPSA) is 62.6 Å². The molecule has 5 nitrogen and oxygen atoms in total. The van der Waals surface area contributed by atoms with Gasteiger partial charge in [-0.3, -0.25) is 9.59 Å². The molecule has 0 bridgehead atoms. The van der Waals surface area contributed by atoms with Crippen LogP contribution in [-0.4, -0.2) is 23.8 Å². The van der Waals surface area contributed by atoms with Gasteiger partial charge in [-0.05, 0) is 48.9 Å². The Morgan fingerprint density at radius 3 is 2.73 bits per heavy atom. The summed E-state index contributed by atoms with van der Waals surface area (Å²) in [7, 11) is 1.69. The van der Waals surface area contributed by atoms with E-state index < -0.39 is 11.7 Å². The molecule has 1 N–H and O–H groups in total. The van der Waals surface area contributed by atoms with Gasteiger partial charge < -0.3 is 14.6 Å². The van der Waals surface area contributed by atoms with E-state index >= 15 is 0 Å². The zero-order chi connectivity index (χ0) is 18.7. The number of halogens is 1. The summed E-state index contributed by atoms with van der Waals surface area (Å²) in [6, 6.07) is 10.7. The molecule has 2 heterocycles. The molecule has 3 rings (SSSR count). The Hall–Kier alpha value is -2.93. The molecule has 7 heteroatoms. The molecule has 0 saturated heterocycles. The van der Waals surface area contributed by atoms with Crippen LogP contribution in [-0.2, 0) is 6.54 Å². The minimum atomic E-state index is -0.476. The summed E-state index contributed by atoms with van der Waals surface area (Å²) in [6.45, 7) is 2.16. The number of aryl methyl sites for hydroxylation is 1. The molecular formula is C19H17FN2O3S. The first-order valence-corrected chi connectivity index (χ1v) is 8.71. The van der Waals surface area contributed by atoms with Gasteiger partial charge in [-0.2, -0.15) is 0 Å². The summed E-state index contributed by atoms with van der Waals surface area (Å²) in [5, 5.41) is 3.24. The van der Waals surface area contributed by atoms with Crippen LogP contribution in [0.3, 0.4) is 0 Å². The predicted octanol–water partition coefficient (Wildman–Crippen LogP) is 4.31. The monoisotopic (exact) mass is 372 g/mol. The minimum Gasteiger partial charge on any atom is -0.467 e. The average Bonchev–Trinajstić information content (AvgIpc) is 3.23. The standard InChI is InChI=1S/C19H17FN2O3S/c1-12-9-16(21-18(23)13-5-3-6-14(20)10-13)26-17(12)19(24)22(2)11-15-7-4-8-25-15/h3-10H,11H2,1-2H3,(H,21,23). The summed E-state index contributed by atoms with van der Waals surface area (Å²) in [4.78, 5) is 26.9. The van der Waals surface area contributed by atoms with Gasteiger partial charge in [-0.1, -0.05) is 6.07 Å². The lowest BCUT2D eigenvalue weighted by Gasteiger charge is -2.15. The number of furan rings is 1. The normalized spacial score (nSPS) is 10.6. The lowest BCUT2D eigenvalue weighted by Crippen LogP contribution is -2.25. The highest BCUT2D eigenvalue weighted by Crippen LogP contribution is 2.28. The van der Waals surface area contributed by atoms with Crippen molar-refractivity contribution < 1.29 is 18.4 Å². The fourth-order valence-electron chi connectivity index (χ4n) is 2.45. The Labute approximate surface area is 154 Å². The maximum Gasteiger partial charge on any atom is 0.264 e. The van der Waals surface area contributed by atoms with Gasteiger partial charge in [0.25, 0.3) is 11.8 Å². The van der Waals surface area contributed by atoms with E-state index in [0.29, 0.717) is 22.2 Å². The quantitative estimate of drug-likeness (QED) is 0.726. The van der Waals surface area contributed by atoms with Gasteiger partial charge in [0.05, 0.1) is 22.7 Å². The maximum atomic E-state index is 13.2. The molecule has 0 aliphatic rings.